The maximum Gasteiger partial charge on any atom is 0.160 e. The molecule has 0 amide bonds. The molecule has 3 heteroatoms. The molecule has 3 nitrogen and oxygen atoms in total. The molecule has 240 valence electrons. The fourth-order valence-electron chi connectivity index (χ4n) is 7.10. The van der Waals surface area contributed by atoms with Crippen molar-refractivity contribution < 1.29 is 0 Å². The summed E-state index contributed by atoms with van der Waals surface area (Å²) in [6.45, 7) is 2.18. The number of para-hydroxylation sites is 1. The van der Waals surface area contributed by atoms with Crippen LogP contribution in [0.1, 0.15) is 5.56 Å². The molecule has 0 radical (unpaired) electrons. The van der Waals surface area contributed by atoms with E-state index in [1.165, 1.54) is 44.2 Å². The predicted molar refractivity (Wildman–Crippen MR) is 212 cm³/mol. The molecule has 51 heavy (non-hydrogen) atoms. The van der Waals surface area contributed by atoms with Gasteiger partial charge in [-0.1, -0.05) is 152 Å². The number of hydrogen-bond donors (Lipinski definition) is 0. The third-order valence-corrected chi connectivity index (χ3v) is 9.60. The van der Waals surface area contributed by atoms with Crippen molar-refractivity contribution in [3.8, 4) is 67.3 Å². The standard InChI is InChI=1S/C48H33N3/c1-32-29-38(33-18-22-35(23-19-33)45-16-9-10-28-49-45)31-39(30-32)41-27-26-40(42-13-5-6-14-43(41)42)34-20-24-37(25-21-34)48-50-46-17-8-7-15-44(46)47(51-48)36-11-3-2-4-12-36/h2-31H,1H3. The van der Waals surface area contributed by atoms with Crippen LogP contribution in [0.25, 0.3) is 89.0 Å². The Labute approximate surface area is 297 Å². The topological polar surface area (TPSA) is 38.7 Å². The molecular weight excluding hydrogens is 619 g/mol. The lowest BCUT2D eigenvalue weighted by atomic mass is 9.90. The Bertz CT molecular complexity index is 2660. The van der Waals surface area contributed by atoms with Crippen LogP contribution in [0.4, 0.5) is 0 Å². The SMILES string of the molecule is Cc1cc(-c2ccc(-c3ccccn3)cc2)cc(-c2ccc(-c3ccc(-c4nc(-c5ccccc5)c5ccccc5n4)cc3)c3ccccc23)c1. The summed E-state index contributed by atoms with van der Waals surface area (Å²) in [7, 11) is 0. The lowest BCUT2D eigenvalue weighted by Crippen LogP contribution is -1.95. The molecule has 2 heterocycles. The molecule has 0 aliphatic carbocycles. The van der Waals surface area contributed by atoms with Gasteiger partial charge in [0.05, 0.1) is 16.9 Å². The number of aryl methyl sites for hydroxylation is 1. The van der Waals surface area contributed by atoms with Gasteiger partial charge in [0.2, 0.25) is 0 Å². The molecule has 9 rings (SSSR count). The number of fused-ring (bicyclic) bond motifs is 2. The van der Waals surface area contributed by atoms with Gasteiger partial charge in [-0.2, -0.15) is 0 Å². The van der Waals surface area contributed by atoms with Gasteiger partial charge in [0, 0.05) is 28.3 Å². The molecule has 7 aromatic carbocycles. The first-order valence-corrected chi connectivity index (χ1v) is 17.3. The van der Waals surface area contributed by atoms with Crippen LogP contribution in [0.15, 0.2) is 182 Å². The van der Waals surface area contributed by atoms with Crippen LogP contribution in [-0.4, -0.2) is 15.0 Å². The lowest BCUT2D eigenvalue weighted by molar-refractivity contribution is 1.23. The van der Waals surface area contributed by atoms with E-state index in [0.29, 0.717) is 0 Å². The van der Waals surface area contributed by atoms with Gasteiger partial charge in [0.15, 0.2) is 5.82 Å². The van der Waals surface area contributed by atoms with E-state index in [4.69, 9.17) is 9.97 Å². The first-order valence-electron chi connectivity index (χ1n) is 17.3. The van der Waals surface area contributed by atoms with Crippen molar-refractivity contribution in [3.05, 3.63) is 188 Å². The van der Waals surface area contributed by atoms with Crippen molar-refractivity contribution in [2.75, 3.05) is 0 Å². The van der Waals surface area contributed by atoms with Crippen LogP contribution in [-0.2, 0) is 0 Å². The summed E-state index contributed by atoms with van der Waals surface area (Å²) in [5.41, 5.74) is 14.5. The molecule has 0 fully saturated rings. The van der Waals surface area contributed by atoms with Crippen LogP contribution < -0.4 is 0 Å². The van der Waals surface area contributed by atoms with Crippen molar-refractivity contribution in [2.24, 2.45) is 0 Å². The van der Waals surface area contributed by atoms with Crippen molar-refractivity contribution in [3.63, 3.8) is 0 Å². The minimum atomic E-state index is 0.723. The van der Waals surface area contributed by atoms with Crippen LogP contribution in [0, 0.1) is 6.92 Å². The summed E-state index contributed by atoms with van der Waals surface area (Å²) in [4.78, 5) is 14.6. The molecule has 0 unspecified atom stereocenters. The number of nitrogens with zero attached hydrogens (tertiary/aromatic N) is 3. The molecule has 2 aromatic heterocycles. The van der Waals surface area contributed by atoms with Crippen molar-refractivity contribution in [1.82, 2.24) is 15.0 Å². The number of aromatic nitrogens is 3. The fourth-order valence-corrected chi connectivity index (χ4v) is 7.10. The van der Waals surface area contributed by atoms with Gasteiger partial charge in [-0.15, -0.1) is 0 Å². The maximum absolute atomic E-state index is 5.08. The summed E-state index contributed by atoms with van der Waals surface area (Å²) in [6.07, 6.45) is 1.84. The first-order chi connectivity index (χ1) is 25.2. The van der Waals surface area contributed by atoms with Gasteiger partial charge in [-0.05, 0) is 80.9 Å². The number of hydrogen-bond acceptors (Lipinski definition) is 3. The summed E-state index contributed by atoms with van der Waals surface area (Å²) in [5, 5.41) is 3.50. The van der Waals surface area contributed by atoms with E-state index in [-0.39, 0.29) is 0 Å². The van der Waals surface area contributed by atoms with Crippen molar-refractivity contribution in [2.45, 2.75) is 6.92 Å². The number of benzene rings is 7. The van der Waals surface area contributed by atoms with Gasteiger partial charge >= 0.3 is 0 Å². The number of pyridine rings is 1. The molecule has 9 aromatic rings. The monoisotopic (exact) mass is 651 g/mol. The highest BCUT2D eigenvalue weighted by Gasteiger charge is 2.14. The van der Waals surface area contributed by atoms with Gasteiger partial charge < -0.3 is 0 Å². The van der Waals surface area contributed by atoms with Crippen LogP contribution >= 0.6 is 0 Å². The first kappa shape index (κ1) is 30.4. The second kappa shape index (κ2) is 13.0. The zero-order valence-electron chi connectivity index (χ0n) is 28.2. The molecular formula is C48H33N3. The van der Waals surface area contributed by atoms with E-state index in [1.807, 2.05) is 42.6 Å². The van der Waals surface area contributed by atoms with E-state index in [0.717, 1.165) is 50.4 Å². The summed E-state index contributed by atoms with van der Waals surface area (Å²) in [6, 6.07) is 62.1. The summed E-state index contributed by atoms with van der Waals surface area (Å²) >= 11 is 0. The third kappa shape index (κ3) is 5.85. The van der Waals surface area contributed by atoms with Crippen LogP contribution in [0.5, 0.6) is 0 Å². The Morgan fingerprint density at radius 1 is 0.373 bits per heavy atom. The minimum Gasteiger partial charge on any atom is -0.256 e. The molecule has 0 spiro atoms. The fraction of sp³-hybridized carbons (Fsp3) is 0.0208. The van der Waals surface area contributed by atoms with E-state index in [1.54, 1.807) is 0 Å². The van der Waals surface area contributed by atoms with Gasteiger partial charge in [0.1, 0.15) is 0 Å². The number of rotatable bonds is 6. The molecule has 0 saturated carbocycles. The molecule has 0 aliphatic rings. The smallest absolute Gasteiger partial charge is 0.160 e. The van der Waals surface area contributed by atoms with Crippen LogP contribution in [0.2, 0.25) is 0 Å². The predicted octanol–water partition coefficient (Wildman–Crippen LogP) is 12.5. The maximum atomic E-state index is 5.08. The zero-order valence-corrected chi connectivity index (χ0v) is 28.2. The highest BCUT2D eigenvalue weighted by Crippen LogP contribution is 2.38. The highest BCUT2D eigenvalue weighted by molar-refractivity contribution is 6.05. The molecule has 0 aliphatic heterocycles. The van der Waals surface area contributed by atoms with E-state index >= 15 is 0 Å². The highest BCUT2D eigenvalue weighted by atomic mass is 14.9. The molecule has 0 bridgehead atoms. The van der Waals surface area contributed by atoms with Gasteiger partial charge in [-0.25, -0.2) is 9.97 Å². The van der Waals surface area contributed by atoms with E-state index in [2.05, 4.69) is 151 Å². The summed E-state index contributed by atoms with van der Waals surface area (Å²) < 4.78 is 0. The average Bonchev–Trinajstić information content (AvgIpc) is 3.20. The Morgan fingerprint density at radius 2 is 0.961 bits per heavy atom. The Morgan fingerprint density at radius 3 is 1.69 bits per heavy atom. The van der Waals surface area contributed by atoms with Gasteiger partial charge in [0.25, 0.3) is 0 Å². The molecule has 0 N–H and O–H groups in total. The second-order valence-corrected chi connectivity index (χ2v) is 12.9. The third-order valence-electron chi connectivity index (χ3n) is 9.60. The quantitative estimate of drug-likeness (QED) is 0.180. The Hall–Kier alpha value is -6.71. The average molecular weight is 652 g/mol. The minimum absolute atomic E-state index is 0.723. The normalized spacial score (nSPS) is 11.2. The van der Waals surface area contributed by atoms with Crippen molar-refractivity contribution >= 4 is 21.7 Å². The molecule has 0 saturated heterocycles. The Balaban J connectivity index is 1.07. The Kier molecular flexibility index (Phi) is 7.71. The second-order valence-electron chi connectivity index (χ2n) is 12.9. The summed E-state index contributed by atoms with van der Waals surface area (Å²) in [5.74, 6) is 0.723. The van der Waals surface area contributed by atoms with E-state index in [9.17, 15) is 0 Å². The van der Waals surface area contributed by atoms with Crippen LogP contribution in [0.3, 0.4) is 0 Å². The lowest BCUT2D eigenvalue weighted by Gasteiger charge is -2.15. The van der Waals surface area contributed by atoms with Gasteiger partial charge in [-0.3, -0.25) is 4.98 Å². The molecule has 0 atom stereocenters. The van der Waals surface area contributed by atoms with E-state index < -0.39 is 0 Å². The van der Waals surface area contributed by atoms with Crippen molar-refractivity contribution in [1.29, 1.82) is 0 Å². The largest absolute Gasteiger partial charge is 0.256 e. The zero-order chi connectivity index (χ0) is 34.1.